The maximum atomic E-state index is 14.6. The van der Waals surface area contributed by atoms with Gasteiger partial charge < -0.3 is 4.74 Å². The lowest BCUT2D eigenvalue weighted by Gasteiger charge is -2.47. The number of hydrogen-bond acceptors (Lipinski definition) is 1. The first-order valence-electron chi connectivity index (χ1n) is 6.50. The molecule has 0 unspecified atom stereocenters. The Morgan fingerprint density at radius 3 is 2.81 bits per heavy atom. The quantitative estimate of drug-likeness (QED) is 0.616. The van der Waals surface area contributed by atoms with Gasteiger partial charge >= 0.3 is 0 Å². The van der Waals surface area contributed by atoms with Crippen LogP contribution in [-0.2, 0) is 4.74 Å². The van der Waals surface area contributed by atoms with Crippen LogP contribution in [0.3, 0.4) is 0 Å². The van der Waals surface area contributed by atoms with Gasteiger partial charge in [-0.15, -0.1) is 0 Å². The number of rotatable bonds is 1. The summed E-state index contributed by atoms with van der Waals surface area (Å²) >= 11 is 0. The van der Waals surface area contributed by atoms with E-state index in [1.165, 1.54) is 0 Å². The maximum Gasteiger partial charge on any atom is 0.116 e. The van der Waals surface area contributed by atoms with Crippen molar-refractivity contribution < 1.29 is 9.13 Å². The predicted octanol–water partition coefficient (Wildman–Crippen LogP) is 3.88. The summed E-state index contributed by atoms with van der Waals surface area (Å²) in [6.07, 6.45) is 7.76. The highest BCUT2D eigenvalue weighted by molar-refractivity contribution is 5.02. The lowest BCUT2D eigenvalue weighted by Crippen LogP contribution is -2.51. The van der Waals surface area contributed by atoms with Crippen molar-refractivity contribution in [1.82, 2.24) is 0 Å². The molecule has 0 bridgehead atoms. The Hall–Kier alpha value is -0.370. The normalized spacial score (nSPS) is 49.2. The van der Waals surface area contributed by atoms with Crippen molar-refractivity contribution in [1.29, 1.82) is 0 Å². The number of allylic oxidation sites excluding steroid dienone is 1. The lowest BCUT2D eigenvalue weighted by molar-refractivity contribution is -0.155. The largest absolute Gasteiger partial charge is 0.370 e. The molecule has 1 saturated carbocycles. The van der Waals surface area contributed by atoms with Gasteiger partial charge in [0.2, 0.25) is 0 Å². The fourth-order valence-corrected chi connectivity index (χ4v) is 3.31. The number of fused-ring (bicyclic) bond motifs is 1. The van der Waals surface area contributed by atoms with Gasteiger partial charge in [-0.25, -0.2) is 4.39 Å². The van der Waals surface area contributed by atoms with Crippen molar-refractivity contribution in [3.05, 3.63) is 12.2 Å². The van der Waals surface area contributed by atoms with E-state index < -0.39 is 5.67 Å². The van der Waals surface area contributed by atoms with Gasteiger partial charge in [0.05, 0.1) is 12.2 Å². The summed E-state index contributed by atoms with van der Waals surface area (Å²) in [5, 5.41) is 0. The lowest BCUT2D eigenvalue weighted by atomic mass is 9.70. The second kappa shape index (κ2) is 4.48. The monoisotopic (exact) mass is 226 g/mol. The summed E-state index contributed by atoms with van der Waals surface area (Å²) in [5.41, 5.74) is -1.05. The van der Waals surface area contributed by atoms with Crippen molar-refractivity contribution >= 4 is 0 Å². The first kappa shape index (κ1) is 12.1. The van der Waals surface area contributed by atoms with Crippen LogP contribution >= 0.6 is 0 Å². The zero-order chi connectivity index (χ0) is 11.8. The summed E-state index contributed by atoms with van der Waals surface area (Å²) in [6, 6.07) is 0. The molecule has 0 aromatic rings. The van der Waals surface area contributed by atoms with Crippen molar-refractivity contribution in [3.63, 3.8) is 0 Å². The van der Waals surface area contributed by atoms with Crippen LogP contribution in [0.25, 0.3) is 0 Å². The predicted molar refractivity (Wildman–Crippen MR) is 64.1 cm³/mol. The molecule has 5 atom stereocenters. The summed E-state index contributed by atoms with van der Waals surface area (Å²) in [5.74, 6) is 0.798. The third kappa shape index (κ3) is 2.32. The molecular formula is C14H23FO. The van der Waals surface area contributed by atoms with E-state index in [0.29, 0.717) is 12.3 Å². The van der Waals surface area contributed by atoms with Gasteiger partial charge in [0.25, 0.3) is 0 Å². The summed E-state index contributed by atoms with van der Waals surface area (Å²) in [4.78, 5) is 0. The minimum Gasteiger partial charge on any atom is -0.370 e. The smallest absolute Gasteiger partial charge is 0.116 e. The molecule has 92 valence electrons. The summed E-state index contributed by atoms with van der Waals surface area (Å²) in [6.45, 7) is 5.97. The van der Waals surface area contributed by atoms with E-state index in [-0.39, 0.29) is 18.1 Å². The molecule has 1 nitrogen and oxygen atoms in total. The Morgan fingerprint density at radius 1 is 1.38 bits per heavy atom. The molecule has 1 aliphatic heterocycles. The second-order valence-corrected chi connectivity index (χ2v) is 5.75. The molecule has 1 heterocycles. The Morgan fingerprint density at radius 2 is 2.12 bits per heavy atom. The van der Waals surface area contributed by atoms with Gasteiger partial charge in [0.15, 0.2) is 0 Å². The molecule has 2 rings (SSSR count). The van der Waals surface area contributed by atoms with E-state index in [4.69, 9.17) is 4.74 Å². The average molecular weight is 226 g/mol. The first-order chi connectivity index (χ1) is 7.53. The standard InChI is InChI=1S/C14H23FO/c1-4-5-11-9-14(3,15)12-7-6-10(2)8-13(12)16-11/h4-5,10-13H,6-9H2,1-3H3/b5-4+/t10-,11+,12-,13-,14-/m1/s1. The second-order valence-electron chi connectivity index (χ2n) is 5.75. The molecule has 0 spiro atoms. The van der Waals surface area contributed by atoms with Crippen LogP contribution < -0.4 is 0 Å². The zero-order valence-corrected chi connectivity index (χ0v) is 10.6. The Bertz CT molecular complexity index is 272. The molecule has 0 aromatic carbocycles. The molecule has 0 radical (unpaired) electrons. The molecule has 0 N–H and O–H groups in total. The van der Waals surface area contributed by atoms with Gasteiger partial charge in [-0.2, -0.15) is 0 Å². The van der Waals surface area contributed by atoms with E-state index in [1.54, 1.807) is 6.92 Å². The number of halogens is 1. The van der Waals surface area contributed by atoms with E-state index >= 15 is 0 Å². The Labute approximate surface area is 98.1 Å². The average Bonchev–Trinajstić information content (AvgIpc) is 2.15. The molecule has 16 heavy (non-hydrogen) atoms. The third-order valence-corrected chi connectivity index (χ3v) is 4.18. The first-order valence-corrected chi connectivity index (χ1v) is 6.50. The minimum atomic E-state index is -1.05. The van der Waals surface area contributed by atoms with E-state index in [2.05, 4.69) is 6.92 Å². The fraction of sp³-hybridized carbons (Fsp3) is 0.857. The van der Waals surface area contributed by atoms with Crippen molar-refractivity contribution in [2.45, 2.75) is 64.3 Å². The van der Waals surface area contributed by atoms with Crippen LogP contribution in [0.1, 0.15) is 46.5 Å². The minimum absolute atomic E-state index is 0.0217. The number of ether oxygens (including phenoxy) is 1. The molecule has 2 heteroatoms. The van der Waals surface area contributed by atoms with E-state index in [0.717, 1.165) is 19.3 Å². The fourth-order valence-electron chi connectivity index (χ4n) is 3.31. The highest BCUT2D eigenvalue weighted by Crippen LogP contribution is 2.45. The highest BCUT2D eigenvalue weighted by atomic mass is 19.1. The van der Waals surface area contributed by atoms with Crippen LogP contribution in [0.5, 0.6) is 0 Å². The Balaban J connectivity index is 2.12. The van der Waals surface area contributed by atoms with Gasteiger partial charge in [-0.05, 0) is 32.6 Å². The molecule has 0 aromatic heterocycles. The molecule has 0 amide bonds. The number of alkyl halides is 1. The van der Waals surface area contributed by atoms with Crippen LogP contribution in [0.2, 0.25) is 0 Å². The van der Waals surface area contributed by atoms with Crippen LogP contribution in [0.15, 0.2) is 12.2 Å². The van der Waals surface area contributed by atoms with Crippen molar-refractivity contribution in [2.75, 3.05) is 0 Å². The molecular weight excluding hydrogens is 203 g/mol. The Kier molecular flexibility index (Phi) is 3.39. The molecule has 2 aliphatic rings. The van der Waals surface area contributed by atoms with Crippen molar-refractivity contribution in [3.8, 4) is 0 Å². The zero-order valence-electron chi connectivity index (χ0n) is 10.6. The highest BCUT2D eigenvalue weighted by Gasteiger charge is 2.48. The van der Waals surface area contributed by atoms with E-state index in [1.807, 2.05) is 19.1 Å². The van der Waals surface area contributed by atoms with Gasteiger partial charge in [-0.1, -0.05) is 25.5 Å². The van der Waals surface area contributed by atoms with Gasteiger partial charge in [0, 0.05) is 12.3 Å². The van der Waals surface area contributed by atoms with Crippen LogP contribution in [0.4, 0.5) is 4.39 Å². The van der Waals surface area contributed by atoms with Gasteiger partial charge in [0.1, 0.15) is 5.67 Å². The third-order valence-electron chi connectivity index (χ3n) is 4.18. The topological polar surface area (TPSA) is 9.23 Å². The van der Waals surface area contributed by atoms with E-state index in [9.17, 15) is 4.39 Å². The van der Waals surface area contributed by atoms with Gasteiger partial charge in [-0.3, -0.25) is 0 Å². The molecule has 2 fully saturated rings. The number of hydrogen-bond donors (Lipinski definition) is 0. The van der Waals surface area contributed by atoms with Crippen LogP contribution in [0, 0.1) is 11.8 Å². The summed E-state index contributed by atoms with van der Waals surface area (Å²) < 4.78 is 20.6. The molecule has 1 saturated heterocycles. The molecule has 1 aliphatic carbocycles. The maximum absolute atomic E-state index is 14.6. The summed E-state index contributed by atoms with van der Waals surface area (Å²) in [7, 11) is 0. The SMILES string of the molecule is C/C=C/[C@H]1C[C@@](C)(F)[C@@H]2CC[C@@H](C)C[C@H]2O1. The van der Waals surface area contributed by atoms with Crippen molar-refractivity contribution in [2.24, 2.45) is 11.8 Å². The van der Waals surface area contributed by atoms with Crippen LogP contribution in [-0.4, -0.2) is 17.9 Å².